The first-order chi connectivity index (χ1) is 16.8. The van der Waals surface area contributed by atoms with Crippen molar-refractivity contribution < 1.29 is 0 Å². The Kier molecular flexibility index (Phi) is 4.11. The van der Waals surface area contributed by atoms with Crippen molar-refractivity contribution >= 4 is 43.6 Å². The van der Waals surface area contributed by atoms with Crippen LogP contribution in [0.25, 0.3) is 66.0 Å². The van der Waals surface area contributed by atoms with Gasteiger partial charge in [-0.15, -0.1) is 0 Å². The van der Waals surface area contributed by atoms with E-state index in [-0.39, 0.29) is 0 Å². The van der Waals surface area contributed by atoms with Gasteiger partial charge in [0.2, 0.25) is 0 Å². The molecule has 0 saturated heterocycles. The molecule has 7 rings (SSSR count). The molecular formula is C30H18N4. The van der Waals surface area contributed by atoms with Crippen LogP contribution in [-0.2, 0) is 0 Å². The molecule has 7 aromatic rings. The molecule has 0 fully saturated rings. The normalized spacial score (nSPS) is 11.5. The second-order valence-electron chi connectivity index (χ2n) is 8.42. The summed E-state index contributed by atoms with van der Waals surface area (Å²) in [5.74, 6) is 0. The number of benzene rings is 3. The molecule has 3 aromatic carbocycles. The van der Waals surface area contributed by atoms with Crippen LogP contribution in [0.4, 0.5) is 0 Å². The lowest BCUT2D eigenvalue weighted by Gasteiger charge is -2.09. The van der Waals surface area contributed by atoms with Crippen LogP contribution in [0.2, 0.25) is 0 Å². The van der Waals surface area contributed by atoms with E-state index in [9.17, 15) is 0 Å². The molecule has 0 bridgehead atoms. The lowest BCUT2D eigenvalue weighted by Crippen LogP contribution is -1.90. The summed E-state index contributed by atoms with van der Waals surface area (Å²) in [7, 11) is 0. The van der Waals surface area contributed by atoms with E-state index >= 15 is 0 Å². The summed E-state index contributed by atoms with van der Waals surface area (Å²) in [5, 5.41) is 4.40. The monoisotopic (exact) mass is 434 g/mol. The highest BCUT2D eigenvalue weighted by Gasteiger charge is 2.09. The lowest BCUT2D eigenvalue weighted by molar-refractivity contribution is 1.37. The molecule has 158 valence electrons. The van der Waals surface area contributed by atoms with Gasteiger partial charge in [0.05, 0.1) is 27.8 Å². The third kappa shape index (κ3) is 3.00. The summed E-state index contributed by atoms with van der Waals surface area (Å²) in [6.45, 7) is 0. The van der Waals surface area contributed by atoms with E-state index in [1.807, 2.05) is 42.9 Å². The van der Waals surface area contributed by atoms with Gasteiger partial charge in [0.25, 0.3) is 0 Å². The van der Waals surface area contributed by atoms with Gasteiger partial charge in [0, 0.05) is 51.3 Å². The quantitative estimate of drug-likeness (QED) is 0.270. The number of rotatable bonds is 2. The molecular weight excluding hydrogens is 416 g/mol. The summed E-state index contributed by atoms with van der Waals surface area (Å²) in [6.07, 6.45) is 5.59. The van der Waals surface area contributed by atoms with E-state index in [4.69, 9.17) is 9.97 Å². The SMILES string of the molecule is c1cc(-c2cnc3ccc4ncccc4c3c2)cc(-c2ccc3ccc4cccnc4c3n2)c1. The first kappa shape index (κ1) is 18.8. The van der Waals surface area contributed by atoms with Gasteiger partial charge >= 0.3 is 0 Å². The van der Waals surface area contributed by atoms with Crippen LogP contribution in [0.15, 0.2) is 110 Å². The van der Waals surface area contributed by atoms with Crippen molar-refractivity contribution in [3.8, 4) is 22.4 Å². The molecule has 4 heteroatoms. The number of hydrogen-bond acceptors (Lipinski definition) is 4. The highest BCUT2D eigenvalue weighted by atomic mass is 14.8. The molecule has 0 N–H and O–H groups in total. The fourth-order valence-corrected chi connectivity index (χ4v) is 4.66. The van der Waals surface area contributed by atoms with E-state index in [0.29, 0.717) is 0 Å². The van der Waals surface area contributed by atoms with Crippen molar-refractivity contribution in [1.29, 1.82) is 0 Å². The van der Waals surface area contributed by atoms with Crippen molar-refractivity contribution in [3.05, 3.63) is 110 Å². The number of fused-ring (bicyclic) bond motifs is 6. The van der Waals surface area contributed by atoms with Crippen molar-refractivity contribution in [2.75, 3.05) is 0 Å². The predicted octanol–water partition coefficient (Wildman–Crippen LogP) is 7.21. The van der Waals surface area contributed by atoms with Gasteiger partial charge in [-0.3, -0.25) is 15.0 Å². The molecule has 4 nitrogen and oxygen atoms in total. The minimum Gasteiger partial charge on any atom is -0.256 e. The first-order valence-electron chi connectivity index (χ1n) is 11.2. The van der Waals surface area contributed by atoms with Gasteiger partial charge in [-0.2, -0.15) is 0 Å². The molecule has 4 heterocycles. The van der Waals surface area contributed by atoms with Crippen molar-refractivity contribution in [2.24, 2.45) is 0 Å². The average molecular weight is 435 g/mol. The van der Waals surface area contributed by atoms with Gasteiger partial charge in [-0.1, -0.05) is 48.5 Å². The van der Waals surface area contributed by atoms with E-state index in [1.165, 1.54) is 0 Å². The standard InChI is InChI=1S/C30H18N4/c1-4-21(23-17-25-24-7-3-14-31-27(24)12-13-28(25)33-18-23)16-22(5-1)26-11-10-20-9-8-19-6-2-15-32-29(19)30(20)34-26/h1-18H. The zero-order valence-corrected chi connectivity index (χ0v) is 18.2. The van der Waals surface area contributed by atoms with Crippen molar-refractivity contribution in [3.63, 3.8) is 0 Å². The molecule has 0 aliphatic rings. The van der Waals surface area contributed by atoms with Crippen molar-refractivity contribution in [1.82, 2.24) is 19.9 Å². The second-order valence-corrected chi connectivity index (χ2v) is 8.42. The Labute approximate surface area is 195 Å². The van der Waals surface area contributed by atoms with E-state index in [2.05, 4.69) is 76.7 Å². The lowest BCUT2D eigenvalue weighted by atomic mass is 10.00. The van der Waals surface area contributed by atoms with Crippen LogP contribution >= 0.6 is 0 Å². The fourth-order valence-electron chi connectivity index (χ4n) is 4.66. The van der Waals surface area contributed by atoms with Gasteiger partial charge in [-0.05, 0) is 48.0 Å². The Hall–Kier alpha value is -4.70. The smallest absolute Gasteiger partial charge is 0.0972 e. The second kappa shape index (κ2) is 7.42. The summed E-state index contributed by atoms with van der Waals surface area (Å²) < 4.78 is 0. The Balaban J connectivity index is 1.38. The van der Waals surface area contributed by atoms with Gasteiger partial charge < -0.3 is 0 Å². The fraction of sp³-hybridized carbons (Fsp3) is 0. The maximum Gasteiger partial charge on any atom is 0.0972 e. The van der Waals surface area contributed by atoms with E-state index < -0.39 is 0 Å². The first-order valence-corrected chi connectivity index (χ1v) is 11.2. The van der Waals surface area contributed by atoms with Gasteiger partial charge in [0.15, 0.2) is 0 Å². The molecule has 0 amide bonds. The number of nitrogens with zero attached hydrogens (tertiary/aromatic N) is 4. The molecule has 0 saturated carbocycles. The van der Waals surface area contributed by atoms with Gasteiger partial charge in [-0.25, -0.2) is 4.98 Å². The number of pyridine rings is 4. The minimum absolute atomic E-state index is 0.923. The predicted molar refractivity (Wildman–Crippen MR) is 139 cm³/mol. The summed E-state index contributed by atoms with van der Waals surface area (Å²) in [4.78, 5) is 18.8. The third-order valence-electron chi connectivity index (χ3n) is 6.37. The van der Waals surface area contributed by atoms with Crippen molar-refractivity contribution in [2.45, 2.75) is 0 Å². The zero-order chi connectivity index (χ0) is 22.5. The Morgan fingerprint density at radius 3 is 2.18 bits per heavy atom. The summed E-state index contributed by atoms with van der Waals surface area (Å²) >= 11 is 0. The van der Waals surface area contributed by atoms with Crippen LogP contribution in [-0.4, -0.2) is 19.9 Å². The minimum atomic E-state index is 0.923. The maximum absolute atomic E-state index is 5.01. The Morgan fingerprint density at radius 2 is 1.24 bits per heavy atom. The Bertz CT molecular complexity index is 1740. The van der Waals surface area contributed by atoms with Crippen LogP contribution in [0.5, 0.6) is 0 Å². The average Bonchev–Trinajstić information content (AvgIpc) is 2.92. The van der Waals surface area contributed by atoms with Crippen LogP contribution in [0.3, 0.4) is 0 Å². The number of aromatic nitrogens is 4. The largest absolute Gasteiger partial charge is 0.256 e. The summed E-state index contributed by atoms with van der Waals surface area (Å²) in [6, 6.07) is 31.2. The van der Waals surface area contributed by atoms with Gasteiger partial charge in [0.1, 0.15) is 0 Å². The molecule has 0 radical (unpaired) electrons. The molecule has 34 heavy (non-hydrogen) atoms. The maximum atomic E-state index is 5.01. The summed E-state index contributed by atoms with van der Waals surface area (Å²) in [5.41, 5.74) is 7.96. The zero-order valence-electron chi connectivity index (χ0n) is 18.2. The van der Waals surface area contributed by atoms with E-state index in [0.717, 1.165) is 66.0 Å². The molecule has 4 aromatic heterocycles. The topological polar surface area (TPSA) is 51.6 Å². The molecule has 0 aliphatic heterocycles. The molecule has 0 atom stereocenters. The van der Waals surface area contributed by atoms with Crippen LogP contribution in [0.1, 0.15) is 0 Å². The highest BCUT2D eigenvalue weighted by Crippen LogP contribution is 2.31. The van der Waals surface area contributed by atoms with Crippen LogP contribution in [0, 0.1) is 0 Å². The van der Waals surface area contributed by atoms with E-state index in [1.54, 1.807) is 0 Å². The molecule has 0 unspecified atom stereocenters. The highest BCUT2D eigenvalue weighted by molar-refractivity contribution is 6.06. The molecule has 0 aliphatic carbocycles. The molecule has 0 spiro atoms. The third-order valence-corrected chi connectivity index (χ3v) is 6.37. The number of hydrogen-bond donors (Lipinski definition) is 0. The van der Waals surface area contributed by atoms with Crippen LogP contribution < -0.4 is 0 Å². The Morgan fingerprint density at radius 1 is 0.471 bits per heavy atom.